The summed E-state index contributed by atoms with van der Waals surface area (Å²) in [4.78, 5) is 12.3. The van der Waals surface area contributed by atoms with E-state index in [1.807, 2.05) is 36.9 Å². The summed E-state index contributed by atoms with van der Waals surface area (Å²) in [6.45, 7) is 2.87. The summed E-state index contributed by atoms with van der Waals surface area (Å²) in [6, 6.07) is 5.66. The summed E-state index contributed by atoms with van der Waals surface area (Å²) in [5, 5.41) is 12.7. The Morgan fingerprint density at radius 1 is 1.47 bits per heavy atom. The van der Waals surface area contributed by atoms with Gasteiger partial charge in [-0.2, -0.15) is 11.8 Å². The Morgan fingerprint density at radius 2 is 2.21 bits per heavy atom. The van der Waals surface area contributed by atoms with Gasteiger partial charge in [-0.15, -0.1) is 11.8 Å². The molecule has 0 saturated heterocycles. The SMILES string of the molecule is CCSc1cccc(NCC2(SC)CC2)c1C(=O)O. The van der Waals surface area contributed by atoms with Gasteiger partial charge in [0.05, 0.1) is 5.56 Å². The first-order valence-corrected chi connectivity index (χ1v) is 8.61. The summed E-state index contributed by atoms with van der Waals surface area (Å²) in [5.74, 6) is 0.0198. The molecule has 104 valence electrons. The molecule has 0 heterocycles. The average Bonchev–Trinajstić information content (AvgIpc) is 3.17. The van der Waals surface area contributed by atoms with E-state index in [0.29, 0.717) is 10.3 Å². The molecule has 2 rings (SSSR count). The van der Waals surface area contributed by atoms with Crippen molar-refractivity contribution in [3.8, 4) is 0 Å². The number of carboxylic acid groups (broad SMARTS) is 1. The molecule has 0 unspecified atom stereocenters. The predicted molar refractivity (Wildman–Crippen MR) is 83.8 cm³/mol. The highest BCUT2D eigenvalue weighted by atomic mass is 32.2. The summed E-state index contributed by atoms with van der Waals surface area (Å²) in [6.07, 6.45) is 4.55. The van der Waals surface area contributed by atoms with Crippen molar-refractivity contribution in [2.45, 2.75) is 29.4 Å². The van der Waals surface area contributed by atoms with Gasteiger partial charge in [0.15, 0.2) is 0 Å². The largest absolute Gasteiger partial charge is 0.478 e. The number of hydrogen-bond donors (Lipinski definition) is 2. The van der Waals surface area contributed by atoms with Gasteiger partial charge in [-0.05, 0) is 37.0 Å². The number of benzene rings is 1. The molecule has 1 aromatic rings. The van der Waals surface area contributed by atoms with E-state index in [2.05, 4.69) is 11.6 Å². The second-order valence-corrected chi connectivity index (χ2v) is 7.24. The van der Waals surface area contributed by atoms with Gasteiger partial charge >= 0.3 is 5.97 Å². The van der Waals surface area contributed by atoms with Crippen LogP contribution in [-0.2, 0) is 0 Å². The molecule has 0 amide bonds. The van der Waals surface area contributed by atoms with E-state index < -0.39 is 5.97 Å². The van der Waals surface area contributed by atoms with E-state index in [0.717, 1.165) is 22.9 Å². The Labute approximate surface area is 122 Å². The standard InChI is InChI=1S/C14H19NO2S2/c1-3-19-11-6-4-5-10(12(11)13(16)17)15-9-14(18-2)7-8-14/h4-6,15H,3,7-9H2,1-2H3,(H,16,17). The molecule has 0 spiro atoms. The zero-order chi connectivity index (χ0) is 13.9. The molecule has 0 radical (unpaired) electrons. The van der Waals surface area contributed by atoms with Crippen molar-refractivity contribution in [3.05, 3.63) is 23.8 Å². The van der Waals surface area contributed by atoms with Crippen LogP contribution in [0.5, 0.6) is 0 Å². The van der Waals surface area contributed by atoms with Gasteiger partial charge in [0.2, 0.25) is 0 Å². The van der Waals surface area contributed by atoms with E-state index in [1.165, 1.54) is 12.8 Å². The molecule has 5 heteroatoms. The van der Waals surface area contributed by atoms with Crippen molar-refractivity contribution in [1.29, 1.82) is 0 Å². The van der Waals surface area contributed by atoms with E-state index in [9.17, 15) is 9.90 Å². The Bertz CT molecular complexity index is 473. The normalized spacial score (nSPS) is 16.1. The highest BCUT2D eigenvalue weighted by Gasteiger charge is 2.41. The van der Waals surface area contributed by atoms with Gasteiger partial charge < -0.3 is 10.4 Å². The maximum Gasteiger partial charge on any atom is 0.338 e. The molecule has 1 aromatic carbocycles. The van der Waals surface area contributed by atoms with Crippen LogP contribution in [0.3, 0.4) is 0 Å². The first-order chi connectivity index (χ1) is 9.12. The smallest absolute Gasteiger partial charge is 0.338 e. The topological polar surface area (TPSA) is 49.3 Å². The molecule has 1 aliphatic carbocycles. The Morgan fingerprint density at radius 3 is 2.74 bits per heavy atom. The second-order valence-electron chi connectivity index (χ2n) is 4.66. The molecule has 0 atom stereocenters. The van der Waals surface area contributed by atoms with Crippen LogP contribution in [0.1, 0.15) is 30.1 Å². The fourth-order valence-electron chi connectivity index (χ4n) is 2.02. The van der Waals surface area contributed by atoms with Crippen LogP contribution in [0.4, 0.5) is 5.69 Å². The van der Waals surface area contributed by atoms with Gasteiger partial charge in [0.25, 0.3) is 0 Å². The number of hydrogen-bond acceptors (Lipinski definition) is 4. The van der Waals surface area contributed by atoms with Crippen molar-refractivity contribution in [2.24, 2.45) is 0 Å². The number of rotatable bonds is 7. The van der Waals surface area contributed by atoms with Crippen molar-refractivity contribution in [2.75, 3.05) is 23.9 Å². The van der Waals surface area contributed by atoms with Crippen LogP contribution < -0.4 is 5.32 Å². The Balaban J connectivity index is 2.19. The third kappa shape index (κ3) is 3.39. The van der Waals surface area contributed by atoms with Crippen molar-refractivity contribution < 1.29 is 9.90 Å². The van der Waals surface area contributed by atoms with Crippen molar-refractivity contribution in [1.82, 2.24) is 0 Å². The van der Waals surface area contributed by atoms with E-state index >= 15 is 0 Å². The lowest BCUT2D eigenvalue weighted by Crippen LogP contribution is -2.19. The molecule has 2 N–H and O–H groups in total. The van der Waals surface area contributed by atoms with Gasteiger partial charge in [-0.3, -0.25) is 0 Å². The first kappa shape index (κ1) is 14.6. The fraction of sp³-hybridized carbons (Fsp3) is 0.500. The van der Waals surface area contributed by atoms with Crippen molar-refractivity contribution in [3.63, 3.8) is 0 Å². The number of aromatic carboxylic acids is 1. The monoisotopic (exact) mass is 297 g/mol. The minimum absolute atomic E-state index is 0.323. The van der Waals surface area contributed by atoms with Crippen LogP contribution in [0.15, 0.2) is 23.1 Å². The second kappa shape index (κ2) is 6.09. The van der Waals surface area contributed by atoms with Crippen LogP contribution in [0.2, 0.25) is 0 Å². The maximum atomic E-state index is 11.5. The van der Waals surface area contributed by atoms with E-state index in [4.69, 9.17) is 0 Å². The highest BCUT2D eigenvalue weighted by molar-refractivity contribution is 8.00. The lowest BCUT2D eigenvalue weighted by molar-refractivity contribution is 0.0694. The summed E-state index contributed by atoms with van der Waals surface area (Å²) in [5.41, 5.74) is 1.15. The van der Waals surface area contributed by atoms with Gasteiger partial charge in [-0.25, -0.2) is 4.79 Å². The van der Waals surface area contributed by atoms with Gasteiger partial charge in [0.1, 0.15) is 0 Å². The van der Waals surface area contributed by atoms with Gasteiger partial charge in [0, 0.05) is 21.9 Å². The maximum absolute atomic E-state index is 11.5. The number of carbonyl (C=O) groups is 1. The number of thioether (sulfide) groups is 2. The van der Waals surface area contributed by atoms with Crippen LogP contribution >= 0.6 is 23.5 Å². The van der Waals surface area contributed by atoms with Crippen molar-refractivity contribution >= 4 is 35.2 Å². The predicted octanol–water partition coefficient (Wildman–Crippen LogP) is 3.80. The average molecular weight is 297 g/mol. The molecule has 19 heavy (non-hydrogen) atoms. The molecular formula is C14H19NO2S2. The minimum Gasteiger partial charge on any atom is -0.478 e. The molecular weight excluding hydrogens is 278 g/mol. The number of nitrogens with one attached hydrogen (secondary N) is 1. The first-order valence-electron chi connectivity index (χ1n) is 6.40. The molecule has 0 bridgehead atoms. The quantitative estimate of drug-likeness (QED) is 0.750. The highest BCUT2D eigenvalue weighted by Crippen LogP contribution is 2.47. The third-order valence-corrected chi connectivity index (χ3v) is 5.74. The summed E-state index contributed by atoms with van der Waals surface area (Å²) >= 11 is 3.44. The number of carboxylic acids is 1. The zero-order valence-electron chi connectivity index (χ0n) is 11.2. The zero-order valence-corrected chi connectivity index (χ0v) is 12.9. The van der Waals surface area contributed by atoms with Crippen LogP contribution in [0.25, 0.3) is 0 Å². The molecule has 1 fully saturated rings. The minimum atomic E-state index is -0.854. The Kier molecular flexibility index (Phi) is 4.68. The summed E-state index contributed by atoms with van der Waals surface area (Å²) < 4.78 is 0.323. The van der Waals surface area contributed by atoms with E-state index in [-0.39, 0.29) is 0 Å². The van der Waals surface area contributed by atoms with Crippen LogP contribution in [-0.4, -0.2) is 34.4 Å². The molecule has 0 aromatic heterocycles. The van der Waals surface area contributed by atoms with Gasteiger partial charge in [-0.1, -0.05) is 13.0 Å². The third-order valence-electron chi connectivity index (χ3n) is 3.38. The van der Waals surface area contributed by atoms with E-state index in [1.54, 1.807) is 11.8 Å². The lowest BCUT2D eigenvalue weighted by atomic mass is 10.1. The molecule has 3 nitrogen and oxygen atoms in total. The fourth-order valence-corrected chi connectivity index (χ4v) is 3.58. The molecule has 1 aliphatic rings. The lowest BCUT2D eigenvalue weighted by Gasteiger charge is -2.17. The molecule has 0 aliphatic heterocycles. The Hall–Kier alpha value is -0.810. The van der Waals surface area contributed by atoms with Crippen LogP contribution in [0, 0.1) is 0 Å². The summed E-state index contributed by atoms with van der Waals surface area (Å²) in [7, 11) is 0. The number of anilines is 1. The molecule has 1 saturated carbocycles.